The van der Waals surface area contributed by atoms with Crippen LogP contribution in [0.3, 0.4) is 0 Å². The molecule has 66 valence electrons. The van der Waals surface area contributed by atoms with Crippen molar-refractivity contribution in [1.29, 1.82) is 5.26 Å². The summed E-state index contributed by atoms with van der Waals surface area (Å²) in [5, 5.41) is 9.09. The van der Waals surface area contributed by atoms with Crippen LogP contribution in [0, 0.1) is 34.0 Å². The summed E-state index contributed by atoms with van der Waals surface area (Å²) in [5.74, 6) is 1.04. The lowest BCUT2D eigenvalue weighted by Crippen LogP contribution is -2.32. The molecule has 2 saturated carbocycles. The normalized spacial score (nSPS) is 49.2. The molecular weight excluding hydrogens is 146 g/mol. The summed E-state index contributed by atoms with van der Waals surface area (Å²) in [6.45, 7) is 6.97. The van der Waals surface area contributed by atoms with Crippen LogP contribution >= 0.6 is 0 Å². The van der Waals surface area contributed by atoms with E-state index in [1.807, 2.05) is 0 Å². The van der Waals surface area contributed by atoms with Crippen LogP contribution in [0.25, 0.3) is 0 Å². The van der Waals surface area contributed by atoms with Crippen LogP contribution in [0.2, 0.25) is 0 Å². The van der Waals surface area contributed by atoms with Crippen molar-refractivity contribution in [3.05, 3.63) is 0 Å². The fourth-order valence-electron chi connectivity index (χ4n) is 3.44. The predicted octanol–water partition coefficient (Wildman–Crippen LogP) is 2.97. The minimum Gasteiger partial charge on any atom is -0.198 e. The van der Waals surface area contributed by atoms with Crippen LogP contribution in [0.5, 0.6) is 0 Å². The van der Waals surface area contributed by atoms with Crippen molar-refractivity contribution in [2.24, 2.45) is 22.7 Å². The number of fused-ring (bicyclic) bond motifs is 2. The van der Waals surface area contributed by atoms with Gasteiger partial charge < -0.3 is 0 Å². The second-order valence-electron chi connectivity index (χ2n) is 5.41. The van der Waals surface area contributed by atoms with E-state index in [1.54, 1.807) is 0 Å². The van der Waals surface area contributed by atoms with E-state index in [0.717, 1.165) is 0 Å². The van der Waals surface area contributed by atoms with Gasteiger partial charge in [0.05, 0.1) is 12.0 Å². The average molecular weight is 163 g/mol. The smallest absolute Gasteiger partial charge is 0.0664 e. The maximum atomic E-state index is 9.09. The summed E-state index contributed by atoms with van der Waals surface area (Å²) in [6.07, 6.45) is 3.82. The highest BCUT2D eigenvalue weighted by molar-refractivity contribution is 5.15. The van der Waals surface area contributed by atoms with Crippen LogP contribution in [-0.4, -0.2) is 0 Å². The molecule has 2 aliphatic carbocycles. The molecule has 3 atom stereocenters. The minimum atomic E-state index is 0.312. The Morgan fingerprint density at radius 3 is 2.25 bits per heavy atom. The zero-order valence-corrected chi connectivity index (χ0v) is 8.22. The zero-order chi connectivity index (χ0) is 8.98. The van der Waals surface area contributed by atoms with Crippen molar-refractivity contribution in [3.63, 3.8) is 0 Å². The fourth-order valence-corrected chi connectivity index (χ4v) is 3.44. The van der Waals surface area contributed by atoms with Gasteiger partial charge in [0.2, 0.25) is 0 Å². The van der Waals surface area contributed by atoms with Gasteiger partial charge in [0, 0.05) is 0 Å². The number of hydrogen-bond donors (Lipinski definition) is 0. The molecule has 0 aromatic heterocycles. The molecule has 2 rings (SSSR count). The Morgan fingerprint density at radius 2 is 2.00 bits per heavy atom. The minimum absolute atomic E-state index is 0.312. The summed E-state index contributed by atoms with van der Waals surface area (Å²) in [6, 6.07) is 2.52. The van der Waals surface area contributed by atoms with Crippen molar-refractivity contribution in [3.8, 4) is 6.07 Å². The summed E-state index contributed by atoms with van der Waals surface area (Å²) >= 11 is 0. The lowest BCUT2D eigenvalue weighted by Gasteiger charge is -2.39. The highest BCUT2D eigenvalue weighted by Gasteiger charge is 2.60. The first-order valence-corrected chi connectivity index (χ1v) is 4.91. The first-order valence-electron chi connectivity index (χ1n) is 4.91. The second kappa shape index (κ2) is 2.05. The lowest BCUT2D eigenvalue weighted by atomic mass is 9.64. The number of nitrogens with zero attached hydrogens (tertiary/aromatic N) is 1. The number of hydrogen-bond acceptors (Lipinski definition) is 1. The van der Waals surface area contributed by atoms with E-state index in [4.69, 9.17) is 5.26 Å². The predicted molar refractivity (Wildman–Crippen MR) is 48.3 cm³/mol. The second-order valence-corrected chi connectivity index (χ2v) is 5.41. The summed E-state index contributed by atoms with van der Waals surface area (Å²) in [4.78, 5) is 0. The maximum absolute atomic E-state index is 9.09. The molecule has 1 nitrogen and oxygen atoms in total. The van der Waals surface area contributed by atoms with E-state index in [0.29, 0.717) is 22.7 Å². The Morgan fingerprint density at radius 1 is 1.33 bits per heavy atom. The number of rotatable bonds is 0. The molecule has 0 aromatic rings. The van der Waals surface area contributed by atoms with Crippen molar-refractivity contribution in [1.82, 2.24) is 0 Å². The highest BCUT2D eigenvalue weighted by Crippen LogP contribution is 2.66. The topological polar surface area (TPSA) is 23.8 Å². The molecule has 0 aliphatic heterocycles. The Kier molecular flexibility index (Phi) is 1.38. The fraction of sp³-hybridized carbons (Fsp3) is 0.909. The molecule has 12 heavy (non-hydrogen) atoms. The van der Waals surface area contributed by atoms with Gasteiger partial charge in [0.1, 0.15) is 0 Å². The van der Waals surface area contributed by atoms with Crippen LogP contribution in [0.15, 0.2) is 0 Å². The van der Waals surface area contributed by atoms with Gasteiger partial charge >= 0.3 is 0 Å². The summed E-state index contributed by atoms with van der Waals surface area (Å²) < 4.78 is 0. The molecule has 0 heterocycles. The Labute approximate surface area is 74.8 Å². The van der Waals surface area contributed by atoms with Crippen LogP contribution in [-0.2, 0) is 0 Å². The Bertz CT molecular complexity index is 248. The first-order chi connectivity index (χ1) is 5.51. The molecule has 0 amide bonds. The van der Waals surface area contributed by atoms with Gasteiger partial charge in [-0.2, -0.15) is 5.26 Å². The Hall–Kier alpha value is -0.510. The SMILES string of the molecule is CC1(C)CC2CCC1(C)C2C#N. The van der Waals surface area contributed by atoms with Gasteiger partial charge in [-0.15, -0.1) is 0 Å². The van der Waals surface area contributed by atoms with Gasteiger partial charge in [-0.25, -0.2) is 0 Å². The molecule has 0 aromatic carbocycles. The molecular formula is C11H17N. The van der Waals surface area contributed by atoms with Crippen LogP contribution in [0.1, 0.15) is 40.0 Å². The van der Waals surface area contributed by atoms with E-state index in [9.17, 15) is 0 Å². The van der Waals surface area contributed by atoms with E-state index >= 15 is 0 Å². The molecule has 0 N–H and O–H groups in total. The van der Waals surface area contributed by atoms with Crippen molar-refractivity contribution in [2.45, 2.75) is 40.0 Å². The molecule has 3 unspecified atom stereocenters. The van der Waals surface area contributed by atoms with Gasteiger partial charge in [-0.3, -0.25) is 0 Å². The van der Waals surface area contributed by atoms with E-state index in [2.05, 4.69) is 26.8 Å². The van der Waals surface area contributed by atoms with Crippen LogP contribution in [0.4, 0.5) is 0 Å². The molecule has 0 spiro atoms. The molecule has 2 aliphatic rings. The lowest BCUT2D eigenvalue weighted by molar-refractivity contribution is 0.0982. The van der Waals surface area contributed by atoms with Gasteiger partial charge in [-0.1, -0.05) is 20.8 Å². The molecule has 1 heteroatoms. The van der Waals surface area contributed by atoms with Gasteiger partial charge in [0.25, 0.3) is 0 Å². The maximum Gasteiger partial charge on any atom is 0.0664 e. The monoisotopic (exact) mass is 163 g/mol. The average Bonchev–Trinajstić information content (AvgIpc) is 2.35. The van der Waals surface area contributed by atoms with Crippen molar-refractivity contribution in [2.75, 3.05) is 0 Å². The van der Waals surface area contributed by atoms with Crippen LogP contribution < -0.4 is 0 Å². The van der Waals surface area contributed by atoms with E-state index in [1.165, 1.54) is 19.3 Å². The molecule has 0 saturated heterocycles. The third-order valence-electron chi connectivity index (χ3n) is 4.65. The Balaban J connectivity index is 2.41. The number of nitriles is 1. The zero-order valence-electron chi connectivity index (χ0n) is 8.22. The third-order valence-corrected chi connectivity index (χ3v) is 4.65. The highest BCUT2D eigenvalue weighted by atomic mass is 14.6. The molecule has 2 bridgehead atoms. The van der Waals surface area contributed by atoms with Gasteiger partial charge in [-0.05, 0) is 36.0 Å². The molecule has 2 fully saturated rings. The van der Waals surface area contributed by atoms with Crippen molar-refractivity contribution < 1.29 is 0 Å². The summed E-state index contributed by atoms with van der Waals surface area (Å²) in [7, 11) is 0. The third kappa shape index (κ3) is 0.690. The summed E-state index contributed by atoms with van der Waals surface area (Å²) in [5.41, 5.74) is 0.711. The van der Waals surface area contributed by atoms with E-state index < -0.39 is 0 Å². The first kappa shape index (κ1) is 8.10. The van der Waals surface area contributed by atoms with Gasteiger partial charge in [0.15, 0.2) is 0 Å². The standard InChI is InChI=1S/C11H17N/c1-10(2)6-8-4-5-11(10,3)9(8)7-12/h8-9H,4-6H2,1-3H3. The van der Waals surface area contributed by atoms with E-state index in [-0.39, 0.29) is 0 Å². The quantitative estimate of drug-likeness (QED) is 0.538. The van der Waals surface area contributed by atoms with Crippen molar-refractivity contribution >= 4 is 0 Å². The molecule has 0 radical (unpaired) electrons. The largest absolute Gasteiger partial charge is 0.198 e.